The summed E-state index contributed by atoms with van der Waals surface area (Å²) < 4.78 is 5.23. The Balaban J connectivity index is 2.69. The van der Waals surface area contributed by atoms with Gasteiger partial charge in [0.2, 0.25) is 0 Å². The molecule has 7 nitrogen and oxygen atoms in total. The van der Waals surface area contributed by atoms with Gasteiger partial charge in [-0.05, 0) is 19.4 Å². The molecule has 7 heteroatoms. The molecule has 0 amide bonds. The highest BCUT2D eigenvalue weighted by Gasteiger charge is 2.15. The predicted molar refractivity (Wildman–Crippen MR) is 74.2 cm³/mol. The number of rotatable bonds is 8. The molecule has 0 saturated carbocycles. The van der Waals surface area contributed by atoms with Crippen LogP contribution in [0.1, 0.15) is 20.3 Å². The average Bonchev–Trinajstić information content (AvgIpc) is 2.38. The third-order valence-corrected chi connectivity index (χ3v) is 2.78. The minimum Gasteiger partial charge on any atom is -0.487 e. The zero-order valence-electron chi connectivity index (χ0n) is 11.5. The summed E-state index contributed by atoms with van der Waals surface area (Å²) >= 11 is 0. The summed E-state index contributed by atoms with van der Waals surface area (Å²) in [5.74, 6) is -1.08. The average molecular weight is 282 g/mol. The van der Waals surface area contributed by atoms with Gasteiger partial charge in [-0.2, -0.15) is 0 Å². The molecule has 110 valence electrons. The molecule has 0 heterocycles. The first-order chi connectivity index (χ1) is 9.45. The summed E-state index contributed by atoms with van der Waals surface area (Å²) in [4.78, 5) is 21.0. The molecule has 0 fully saturated rings. The van der Waals surface area contributed by atoms with E-state index in [0.29, 0.717) is 25.3 Å². The molecule has 0 saturated heterocycles. The number of anilines is 1. The lowest BCUT2D eigenvalue weighted by Crippen LogP contribution is -2.14. The van der Waals surface area contributed by atoms with Gasteiger partial charge < -0.3 is 15.2 Å². The van der Waals surface area contributed by atoms with Crippen LogP contribution in [0, 0.1) is 16.0 Å². The van der Waals surface area contributed by atoms with Crippen LogP contribution in [0.5, 0.6) is 5.75 Å². The van der Waals surface area contributed by atoms with Gasteiger partial charge in [-0.3, -0.25) is 14.9 Å². The molecular weight excluding hydrogens is 264 g/mol. The molecule has 2 N–H and O–H groups in total. The summed E-state index contributed by atoms with van der Waals surface area (Å²) in [6.45, 7) is 4.18. The van der Waals surface area contributed by atoms with E-state index in [4.69, 9.17) is 9.84 Å². The van der Waals surface area contributed by atoms with E-state index in [1.54, 1.807) is 26.0 Å². The van der Waals surface area contributed by atoms with E-state index in [1.807, 2.05) is 0 Å². The Morgan fingerprint density at radius 2 is 2.25 bits per heavy atom. The monoisotopic (exact) mass is 282 g/mol. The molecule has 0 aliphatic rings. The van der Waals surface area contributed by atoms with Crippen molar-refractivity contribution in [1.29, 1.82) is 0 Å². The number of carbonyl (C=O) groups is 1. The maximum Gasteiger partial charge on any atom is 0.311 e. The maximum atomic E-state index is 10.8. The van der Waals surface area contributed by atoms with Crippen molar-refractivity contribution >= 4 is 17.3 Å². The van der Waals surface area contributed by atoms with Crippen LogP contribution in [0.15, 0.2) is 18.2 Å². The lowest BCUT2D eigenvalue weighted by atomic mass is 10.1. The molecule has 0 bridgehead atoms. The van der Waals surface area contributed by atoms with Crippen molar-refractivity contribution in [3.05, 3.63) is 28.3 Å². The van der Waals surface area contributed by atoms with Crippen molar-refractivity contribution in [2.24, 2.45) is 5.92 Å². The second-order valence-electron chi connectivity index (χ2n) is 4.33. The second kappa shape index (κ2) is 7.32. The zero-order chi connectivity index (χ0) is 15.1. The first kappa shape index (κ1) is 15.7. The van der Waals surface area contributed by atoms with Gasteiger partial charge in [-0.1, -0.05) is 6.92 Å². The fourth-order valence-corrected chi connectivity index (χ4v) is 1.60. The Labute approximate surface area is 116 Å². The highest BCUT2D eigenvalue weighted by molar-refractivity contribution is 5.69. The van der Waals surface area contributed by atoms with Crippen LogP contribution in [0.25, 0.3) is 0 Å². The molecule has 1 unspecified atom stereocenters. The van der Waals surface area contributed by atoms with Gasteiger partial charge in [0.25, 0.3) is 0 Å². The van der Waals surface area contributed by atoms with Gasteiger partial charge in [-0.25, -0.2) is 0 Å². The Bertz CT molecular complexity index is 490. The fourth-order valence-electron chi connectivity index (χ4n) is 1.60. The lowest BCUT2D eigenvalue weighted by Gasteiger charge is -2.10. The number of nitro benzene ring substituents is 1. The van der Waals surface area contributed by atoms with E-state index < -0.39 is 16.8 Å². The first-order valence-corrected chi connectivity index (χ1v) is 6.33. The van der Waals surface area contributed by atoms with Crippen LogP contribution in [-0.4, -0.2) is 29.2 Å². The Morgan fingerprint density at radius 1 is 1.55 bits per heavy atom. The summed E-state index contributed by atoms with van der Waals surface area (Å²) in [6.07, 6.45) is 0.469. The standard InChI is InChI=1S/C13H18N2O5/c1-3-20-12-8-10(4-5-11(12)15(18)19)14-7-6-9(2)13(16)17/h4-5,8-9,14H,3,6-7H2,1-2H3,(H,16,17). The number of carboxylic acids is 1. The molecule has 1 atom stereocenters. The minimum atomic E-state index is -0.842. The minimum absolute atomic E-state index is 0.0868. The van der Waals surface area contributed by atoms with Crippen molar-refractivity contribution in [3.8, 4) is 5.75 Å². The van der Waals surface area contributed by atoms with Crippen LogP contribution in [0.2, 0.25) is 0 Å². The fraction of sp³-hybridized carbons (Fsp3) is 0.462. The van der Waals surface area contributed by atoms with E-state index in [9.17, 15) is 14.9 Å². The number of hydrogen-bond donors (Lipinski definition) is 2. The molecule has 1 aromatic rings. The van der Waals surface area contributed by atoms with Crippen molar-refractivity contribution < 1.29 is 19.6 Å². The molecule has 0 aliphatic heterocycles. The SMILES string of the molecule is CCOc1cc(NCCC(C)C(=O)O)ccc1[N+](=O)[O-]. The molecule has 1 aromatic carbocycles. The maximum absolute atomic E-state index is 10.8. The molecule has 0 radical (unpaired) electrons. The predicted octanol–water partition coefficient (Wildman–Crippen LogP) is 2.52. The van der Waals surface area contributed by atoms with E-state index in [-0.39, 0.29) is 11.4 Å². The van der Waals surface area contributed by atoms with Crippen molar-refractivity contribution in [2.75, 3.05) is 18.5 Å². The summed E-state index contributed by atoms with van der Waals surface area (Å²) in [5.41, 5.74) is 0.577. The summed E-state index contributed by atoms with van der Waals surface area (Å²) in [5, 5.41) is 22.6. The first-order valence-electron chi connectivity index (χ1n) is 6.33. The number of benzene rings is 1. The highest BCUT2D eigenvalue weighted by atomic mass is 16.6. The second-order valence-corrected chi connectivity index (χ2v) is 4.33. The van der Waals surface area contributed by atoms with Crippen LogP contribution in [-0.2, 0) is 4.79 Å². The number of nitrogens with one attached hydrogen (secondary N) is 1. The van der Waals surface area contributed by atoms with Crippen molar-refractivity contribution in [1.82, 2.24) is 0 Å². The highest BCUT2D eigenvalue weighted by Crippen LogP contribution is 2.30. The van der Waals surface area contributed by atoms with E-state index >= 15 is 0 Å². The van der Waals surface area contributed by atoms with E-state index in [1.165, 1.54) is 6.07 Å². The van der Waals surface area contributed by atoms with E-state index in [2.05, 4.69) is 5.32 Å². The van der Waals surface area contributed by atoms with Crippen LogP contribution >= 0.6 is 0 Å². The lowest BCUT2D eigenvalue weighted by molar-refractivity contribution is -0.385. The van der Waals surface area contributed by atoms with Gasteiger partial charge in [0.1, 0.15) is 0 Å². The number of carboxylic acid groups (broad SMARTS) is 1. The van der Waals surface area contributed by atoms with Gasteiger partial charge >= 0.3 is 11.7 Å². The molecule has 1 rings (SSSR count). The third kappa shape index (κ3) is 4.42. The van der Waals surface area contributed by atoms with Gasteiger partial charge in [-0.15, -0.1) is 0 Å². The summed E-state index contributed by atoms with van der Waals surface area (Å²) in [7, 11) is 0. The molecule has 0 spiro atoms. The third-order valence-electron chi connectivity index (χ3n) is 2.78. The molecule has 20 heavy (non-hydrogen) atoms. The molecule has 0 aliphatic carbocycles. The summed E-state index contributed by atoms with van der Waals surface area (Å²) in [6, 6.07) is 4.49. The Kier molecular flexibility index (Phi) is 5.76. The topological polar surface area (TPSA) is 102 Å². The number of nitro groups is 1. The number of nitrogens with zero attached hydrogens (tertiary/aromatic N) is 1. The van der Waals surface area contributed by atoms with Gasteiger partial charge in [0.05, 0.1) is 17.4 Å². The number of aliphatic carboxylic acids is 1. The smallest absolute Gasteiger partial charge is 0.311 e. The number of hydrogen-bond acceptors (Lipinski definition) is 5. The molecular formula is C13H18N2O5. The van der Waals surface area contributed by atoms with Crippen LogP contribution in [0.3, 0.4) is 0 Å². The van der Waals surface area contributed by atoms with E-state index in [0.717, 1.165) is 0 Å². The molecule has 0 aromatic heterocycles. The Hall–Kier alpha value is -2.31. The normalized spacial score (nSPS) is 11.7. The van der Waals surface area contributed by atoms with Crippen LogP contribution in [0.4, 0.5) is 11.4 Å². The van der Waals surface area contributed by atoms with Crippen LogP contribution < -0.4 is 10.1 Å². The van der Waals surface area contributed by atoms with Crippen molar-refractivity contribution in [2.45, 2.75) is 20.3 Å². The zero-order valence-corrected chi connectivity index (χ0v) is 11.5. The van der Waals surface area contributed by atoms with Crippen molar-refractivity contribution in [3.63, 3.8) is 0 Å². The Morgan fingerprint density at radius 3 is 2.80 bits per heavy atom. The largest absolute Gasteiger partial charge is 0.487 e. The van der Waals surface area contributed by atoms with Gasteiger partial charge in [0.15, 0.2) is 5.75 Å². The van der Waals surface area contributed by atoms with Gasteiger partial charge in [0, 0.05) is 24.4 Å². The quantitative estimate of drug-likeness (QED) is 0.561. The number of ether oxygens (including phenoxy) is 1.